The van der Waals surface area contributed by atoms with Crippen LogP contribution in [-0.2, 0) is 4.74 Å². The second-order valence-corrected chi connectivity index (χ2v) is 7.12. The number of aromatic carboxylic acids is 1. The fraction of sp³-hybridized carbons (Fsp3) is 0.294. The lowest BCUT2D eigenvalue weighted by atomic mass is 10.2. The molecule has 1 saturated heterocycles. The van der Waals surface area contributed by atoms with Crippen molar-refractivity contribution < 1.29 is 14.6 Å². The number of aromatic nitrogens is 3. The molecule has 2 unspecified atom stereocenters. The molecule has 9 nitrogen and oxygen atoms in total. The molecular weight excluding hydrogens is 406 g/mol. The molecule has 0 aromatic carbocycles. The van der Waals surface area contributed by atoms with Crippen LogP contribution in [-0.4, -0.2) is 58.0 Å². The van der Waals surface area contributed by atoms with Crippen LogP contribution < -0.4 is 16.1 Å². The molecule has 0 aliphatic carbocycles. The number of thiazole rings is 1. The molecule has 1 fully saturated rings. The maximum absolute atomic E-state index is 12.6. The van der Waals surface area contributed by atoms with Gasteiger partial charge in [0.15, 0.2) is 10.8 Å². The second kappa shape index (κ2) is 7.84. The molecule has 0 spiro atoms. The molecule has 0 bridgehead atoms. The van der Waals surface area contributed by atoms with Gasteiger partial charge in [0.1, 0.15) is 11.4 Å². The maximum Gasteiger partial charge on any atom is 0.341 e. The Labute approximate surface area is 169 Å². The molecule has 1 aliphatic heterocycles. The highest BCUT2D eigenvalue weighted by Crippen LogP contribution is 2.24. The highest BCUT2D eigenvalue weighted by atomic mass is 35.5. The summed E-state index contributed by atoms with van der Waals surface area (Å²) in [6.45, 7) is 1.16. The number of nitrogens with zero attached hydrogens (tertiary/aromatic N) is 4. The van der Waals surface area contributed by atoms with E-state index in [9.17, 15) is 14.7 Å². The summed E-state index contributed by atoms with van der Waals surface area (Å²) in [6, 6.07) is 3.16. The number of nitrogens with two attached hydrogens (primary N) is 1. The molecule has 0 radical (unpaired) electrons. The molecule has 28 heavy (non-hydrogen) atoms. The summed E-state index contributed by atoms with van der Waals surface area (Å²) >= 11 is 1.32. The molecule has 0 saturated carbocycles. The first-order chi connectivity index (χ1) is 13.0. The van der Waals surface area contributed by atoms with Gasteiger partial charge in [-0.3, -0.25) is 9.36 Å². The van der Waals surface area contributed by atoms with Crippen LogP contribution >= 0.6 is 23.7 Å². The minimum Gasteiger partial charge on any atom is -0.477 e. The number of carboxylic acids is 1. The number of methoxy groups -OCH3 is 1. The standard InChI is InChI=1S/C17H17N5O4S.ClH/c1-26-12-8-21(7-11(12)18)13-3-2-9-14(23)10(16(24)25)6-22(15(9)20-13)17-19-4-5-27-17;/h2-6,11-12H,7-8,18H2,1H3,(H,24,25);1H. The van der Waals surface area contributed by atoms with Crippen molar-refractivity contribution in [3.63, 3.8) is 0 Å². The Bertz CT molecular complexity index is 1070. The summed E-state index contributed by atoms with van der Waals surface area (Å²) in [5, 5.41) is 11.9. The normalized spacial score (nSPS) is 19.0. The molecular formula is C17H18ClN5O4S. The van der Waals surface area contributed by atoms with Gasteiger partial charge in [-0.2, -0.15) is 0 Å². The summed E-state index contributed by atoms with van der Waals surface area (Å²) < 4.78 is 6.92. The van der Waals surface area contributed by atoms with Gasteiger partial charge in [-0.25, -0.2) is 14.8 Å². The topological polar surface area (TPSA) is 124 Å². The molecule has 4 heterocycles. The van der Waals surface area contributed by atoms with E-state index in [1.807, 2.05) is 4.90 Å². The number of pyridine rings is 2. The zero-order valence-corrected chi connectivity index (χ0v) is 16.4. The van der Waals surface area contributed by atoms with E-state index in [0.717, 1.165) is 0 Å². The van der Waals surface area contributed by atoms with Crippen LogP contribution in [0.15, 0.2) is 34.7 Å². The lowest BCUT2D eigenvalue weighted by molar-refractivity contribution is 0.0695. The summed E-state index contributed by atoms with van der Waals surface area (Å²) in [4.78, 5) is 34.9. The van der Waals surface area contributed by atoms with Crippen molar-refractivity contribution in [1.29, 1.82) is 0 Å². The fourth-order valence-electron chi connectivity index (χ4n) is 3.24. The Kier molecular flexibility index (Phi) is 5.66. The Morgan fingerprint density at radius 2 is 2.18 bits per heavy atom. The zero-order valence-electron chi connectivity index (χ0n) is 14.8. The third-order valence-corrected chi connectivity index (χ3v) is 5.40. The number of hydrogen-bond donors (Lipinski definition) is 2. The predicted octanol–water partition coefficient (Wildman–Crippen LogP) is 1.12. The minimum atomic E-state index is -1.29. The smallest absolute Gasteiger partial charge is 0.341 e. The molecule has 11 heteroatoms. The van der Waals surface area contributed by atoms with Gasteiger partial charge in [0.2, 0.25) is 5.43 Å². The van der Waals surface area contributed by atoms with Crippen LogP contribution in [0.5, 0.6) is 0 Å². The van der Waals surface area contributed by atoms with Crippen LogP contribution in [0.3, 0.4) is 0 Å². The molecule has 3 aromatic heterocycles. The van der Waals surface area contributed by atoms with E-state index < -0.39 is 11.4 Å². The maximum atomic E-state index is 12.6. The third-order valence-electron chi connectivity index (χ3n) is 4.63. The van der Waals surface area contributed by atoms with Crippen molar-refractivity contribution >= 4 is 46.6 Å². The predicted molar refractivity (Wildman–Crippen MR) is 108 cm³/mol. The summed E-state index contributed by atoms with van der Waals surface area (Å²) in [5.74, 6) is -0.644. The van der Waals surface area contributed by atoms with Crippen molar-refractivity contribution in [2.24, 2.45) is 5.73 Å². The number of rotatable bonds is 4. The van der Waals surface area contributed by atoms with Crippen molar-refractivity contribution in [2.45, 2.75) is 12.1 Å². The highest BCUT2D eigenvalue weighted by Gasteiger charge is 2.31. The van der Waals surface area contributed by atoms with Crippen LogP contribution in [0.4, 0.5) is 5.82 Å². The fourth-order valence-corrected chi connectivity index (χ4v) is 3.86. The average Bonchev–Trinajstić information content (AvgIpc) is 3.31. The molecule has 2 atom stereocenters. The van der Waals surface area contributed by atoms with Crippen molar-refractivity contribution in [1.82, 2.24) is 14.5 Å². The Hall–Kier alpha value is -2.53. The average molecular weight is 424 g/mol. The molecule has 0 amide bonds. The van der Waals surface area contributed by atoms with Gasteiger partial charge >= 0.3 is 5.97 Å². The summed E-state index contributed by atoms with van der Waals surface area (Å²) in [6.07, 6.45) is 2.78. The van der Waals surface area contributed by atoms with E-state index in [2.05, 4.69) is 9.97 Å². The molecule has 1 aliphatic rings. The van der Waals surface area contributed by atoms with E-state index in [0.29, 0.717) is 29.7 Å². The number of anilines is 1. The van der Waals surface area contributed by atoms with Crippen molar-refractivity contribution in [3.05, 3.63) is 45.7 Å². The number of fused-ring (bicyclic) bond motifs is 1. The first kappa shape index (κ1) is 20.2. The first-order valence-corrected chi connectivity index (χ1v) is 9.10. The largest absolute Gasteiger partial charge is 0.477 e. The SMILES string of the molecule is COC1CN(c2ccc3c(=O)c(C(=O)O)cn(-c4nccs4)c3n2)CC1N.Cl. The van der Waals surface area contributed by atoms with E-state index in [4.69, 9.17) is 10.5 Å². The first-order valence-electron chi connectivity index (χ1n) is 8.22. The van der Waals surface area contributed by atoms with Gasteiger partial charge in [-0.15, -0.1) is 23.7 Å². The van der Waals surface area contributed by atoms with E-state index >= 15 is 0 Å². The minimum absolute atomic E-state index is 0. The third kappa shape index (κ3) is 3.35. The number of ether oxygens (including phenoxy) is 1. The van der Waals surface area contributed by atoms with E-state index in [1.165, 1.54) is 22.1 Å². The van der Waals surface area contributed by atoms with E-state index in [1.54, 1.807) is 30.8 Å². The quantitative estimate of drug-likeness (QED) is 0.639. The van der Waals surface area contributed by atoms with Crippen LogP contribution in [0.25, 0.3) is 16.2 Å². The van der Waals surface area contributed by atoms with Gasteiger partial charge in [0.05, 0.1) is 17.5 Å². The lowest BCUT2D eigenvalue weighted by Gasteiger charge is -2.18. The number of hydrogen-bond acceptors (Lipinski definition) is 8. The zero-order chi connectivity index (χ0) is 19.1. The summed E-state index contributed by atoms with van der Waals surface area (Å²) in [7, 11) is 1.62. The monoisotopic (exact) mass is 423 g/mol. The van der Waals surface area contributed by atoms with E-state index in [-0.39, 0.29) is 35.5 Å². The van der Waals surface area contributed by atoms with Gasteiger partial charge in [0, 0.05) is 38.0 Å². The van der Waals surface area contributed by atoms with Gasteiger partial charge in [-0.05, 0) is 12.1 Å². The van der Waals surface area contributed by atoms with Gasteiger partial charge < -0.3 is 20.5 Å². The molecule has 3 aromatic rings. The molecule has 3 N–H and O–H groups in total. The van der Waals surface area contributed by atoms with Crippen molar-refractivity contribution in [2.75, 3.05) is 25.1 Å². The van der Waals surface area contributed by atoms with Crippen LogP contribution in [0.2, 0.25) is 0 Å². The van der Waals surface area contributed by atoms with Crippen LogP contribution in [0.1, 0.15) is 10.4 Å². The summed E-state index contributed by atoms with van der Waals surface area (Å²) in [5.41, 5.74) is 5.55. The Morgan fingerprint density at radius 1 is 1.39 bits per heavy atom. The second-order valence-electron chi connectivity index (χ2n) is 6.25. The van der Waals surface area contributed by atoms with Gasteiger partial charge in [0.25, 0.3) is 0 Å². The van der Waals surface area contributed by atoms with Gasteiger partial charge in [-0.1, -0.05) is 0 Å². The Morgan fingerprint density at radius 3 is 2.79 bits per heavy atom. The number of halogens is 1. The lowest BCUT2D eigenvalue weighted by Crippen LogP contribution is -2.34. The number of carbonyl (C=O) groups is 1. The Balaban J connectivity index is 0.00000225. The number of carboxylic acid groups (broad SMARTS) is 1. The molecule has 148 valence electrons. The molecule has 4 rings (SSSR count). The highest BCUT2D eigenvalue weighted by molar-refractivity contribution is 7.12. The van der Waals surface area contributed by atoms with Crippen LogP contribution in [0, 0.1) is 0 Å². The van der Waals surface area contributed by atoms with Crippen molar-refractivity contribution in [3.8, 4) is 5.13 Å².